The van der Waals surface area contributed by atoms with Crippen LogP contribution in [0.3, 0.4) is 0 Å². The lowest BCUT2D eigenvalue weighted by Gasteiger charge is -2.17. The molecule has 0 fully saturated rings. The third kappa shape index (κ3) is 4.75. The smallest absolute Gasteiger partial charge is 0.0648 e. The van der Waals surface area contributed by atoms with Gasteiger partial charge < -0.3 is 5.32 Å². The highest BCUT2D eigenvalue weighted by molar-refractivity contribution is 9.10. The van der Waals surface area contributed by atoms with Crippen molar-refractivity contribution in [1.82, 2.24) is 0 Å². The highest BCUT2D eigenvalue weighted by Crippen LogP contribution is 2.26. The van der Waals surface area contributed by atoms with Crippen LogP contribution in [-0.4, -0.2) is 6.04 Å². The molecule has 1 N–H and O–H groups in total. The van der Waals surface area contributed by atoms with Crippen LogP contribution in [0.5, 0.6) is 0 Å². The van der Waals surface area contributed by atoms with E-state index in [9.17, 15) is 0 Å². The van der Waals surface area contributed by atoms with Crippen molar-refractivity contribution >= 4 is 33.2 Å². The fraction of sp³-hybridized carbons (Fsp3) is 0.538. The van der Waals surface area contributed by atoms with Gasteiger partial charge in [0.15, 0.2) is 0 Å². The normalized spacial score (nSPS) is 12.9. The lowest BCUT2D eigenvalue weighted by atomic mass is 10.0. The Labute approximate surface area is 112 Å². The summed E-state index contributed by atoms with van der Waals surface area (Å²) in [4.78, 5) is 0. The molecule has 1 atom stereocenters. The molecular weight excluding hydrogens is 286 g/mol. The highest BCUT2D eigenvalue weighted by atomic mass is 79.9. The minimum atomic E-state index is 0.459. The molecular formula is C13H19BrClN. The monoisotopic (exact) mass is 303 g/mol. The Bertz CT molecular complexity index is 339. The van der Waals surface area contributed by atoms with E-state index in [1.807, 2.05) is 18.2 Å². The maximum absolute atomic E-state index is 6.14. The second-order valence-corrected chi connectivity index (χ2v) is 5.96. The zero-order valence-electron chi connectivity index (χ0n) is 10.1. The van der Waals surface area contributed by atoms with Crippen molar-refractivity contribution in [3.05, 3.63) is 27.7 Å². The van der Waals surface area contributed by atoms with Crippen LogP contribution in [0.4, 0.5) is 5.69 Å². The van der Waals surface area contributed by atoms with Crippen molar-refractivity contribution in [3.8, 4) is 0 Å². The van der Waals surface area contributed by atoms with E-state index in [1.54, 1.807) is 0 Å². The van der Waals surface area contributed by atoms with Gasteiger partial charge in [0, 0.05) is 10.5 Å². The fourth-order valence-electron chi connectivity index (χ4n) is 1.53. The molecule has 0 radical (unpaired) electrons. The number of anilines is 1. The molecule has 1 nitrogen and oxygen atoms in total. The first-order valence-electron chi connectivity index (χ1n) is 5.70. The Morgan fingerprint density at radius 1 is 1.25 bits per heavy atom. The van der Waals surface area contributed by atoms with Crippen LogP contribution in [-0.2, 0) is 0 Å². The number of rotatable bonds is 5. The van der Waals surface area contributed by atoms with Crippen LogP contribution < -0.4 is 5.32 Å². The standard InChI is InChI=1S/C13H19BrClN/c1-9(2)4-5-10(3)16-13-7-6-11(14)8-12(13)15/h6-10,16H,4-5H2,1-3H3. The van der Waals surface area contributed by atoms with E-state index in [0.29, 0.717) is 6.04 Å². The van der Waals surface area contributed by atoms with Crippen molar-refractivity contribution in [2.24, 2.45) is 5.92 Å². The number of nitrogens with one attached hydrogen (secondary N) is 1. The highest BCUT2D eigenvalue weighted by Gasteiger charge is 2.06. The van der Waals surface area contributed by atoms with E-state index in [1.165, 1.54) is 12.8 Å². The summed E-state index contributed by atoms with van der Waals surface area (Å²) in [6, 6.07) is 6.39. The van der Waals surface area contributed by atoms with Gasteiger partial charge in [-0.05, 0) is 43.9 Å². The molecule has 1 rings (SSSR count). The SMILES string of the molecule is CC(C)CCC(C)Nc1ccc(Br)cc1Cl. The summed E-state index contributed by atoms with van der Waals surface area (Å²) >= 11 is 9.54. The molecule has 16 heavy (non-hydrogen) atoms. The minimum Gasteiger partial charge on any atom is -0.381 e. The largest absolute Gasteiger partial charge is 0.381 e. The zero-order chi connectivity index (χ0) is 12.1. The fourth-order valence-corrected chi connectivity index (χ4v) is 2.26. The van der Waals surface area contributed by atoms with Crippen LogP contribution >= 0.6 is 27.5 Å². The predicted octanol–water partition coefficient (Wildman–Crippen LogP) is 5.34. The topological polar surface area (TPSA) is 12.0 Å². The van der Waals surface area contributed by atoms with Gasteiger partial charge in [0.25, 0.3) is 0 Å². The second-order valence-electron chi connectivity index (χ2n) is 4.64. The molecule has 0 aliphatic carbocycles. The Morgan fingerprint density at radius 3 is 2.50 bits per heavy atom. The van der Waals surface area contributed by atoms with Crippen molar-refractivity contribution in [2.45, 2.75) is 39.7 Å². The molecule has 0 heterocycles. The van der Waals surface area contributed by atoms with Gasteiger partial charge in [-0.1, -0.05) is 41.4 Å². The van der Waals surface area contributed by atoms with E-state index in [4.69, 9.17) is 11.6 Å². The van der Waals surface area contributed by atoms with E-state index in [0.717, 1.165) is 21.1 Å². The molecule has 0 aliphatic heterocycles. The molecule has 0 spiro atoms. The summed E-state index contributed by atoms with van der Waals surface area (Å²) in [7, 11) is 0. The van der Waals surface area contributed by atoms with E-state index >= 15 is 0 Å². The molecule has 0 bridgehead atoms. The van der Waals surface area contributed by atoms with Crippen molar-refractivity contribution < 1.29 is 0 Å². The third-order valence-corrected chi connectivity index (χ3v) is 3.32. The Kier molecular flexibility index (Phi) is 5.63. The van der Waals surface area contributed by atoms with Crippen molar-refractivity contribution in [3.63, 3.8) is 0 Å². The molecule has 90 valence electrons. The van der Waals surface area contributed by atoms with Crippen LogP contribution in [0, 0.1) is 5.92 Å². The predicted molar refractivity (Wildman–Crippen MR) is 76.3 cm³/mol. The second kappa shape index (κ2) is 6.51. The van der Waals surface area contributed by atoms with Gasteiger partial charge in [0.1, 0.15) is 0 Å². The summed E-state index contributed by atoms with van der Waals surface area (Å²) in [5.41, 5.74) is 1.01. The van der Waals surface area contributed by atoms with Crippen LogP contribution in [0.1, 0.15) is 33.6 Å². The molecule has 1 aromatic rings. The maximum atomic E-state index is 6.14. The van der Waals surface area contributed by atoms with Gasteiger partial charge >= 0.3 is 0 Å². The maximum Gasteiger partial charge on any atom is 0.0648 e. The van der Waals surface area contributed by atoms with Crippen LogP contribution in [0.2, 0.25) is 5.02 Å². The number of hydrogen-bond donors (Lipinski definition) is 1. The summed E-state index contributed by atoms with van der Waals surface area (Å²) in [5, 5.41) is 4.21. The average molecular weight is 305 g/mol. The first kappa shape index (κ1) is 13.9. The molecule has 0 saturated carbocycles. The Morgan fingerprint density at radius 2 is 1.94 bits per heavy atom. The van der Waals surface area contributed by atoms with E-state index in [-0.39, 0.29) is 0 Å². The quantitative estimate of drug-likeness (QED) is 0.774. The minimum absolute atomic E-state index is 0.459. The molecule has 0 aliphatic rings. The van der Waals surface area contributed by atoms with Gasteiger partial charge in [-0.2, -0.15) is 0 Å². The first-order chi connectivity index (χ1) is 7.49. The van der Waals surface area contributed by atoms with Gasteiger partial charge in [0.05, 0.1) is 10.7 Å². The van der Waals surface area contributed by atoms with Crippen molar-refractivity contribution in [2.75, 3.05) is 5.32 Å². The summed E-state index contributed by atoms with van der Waals surface area (Å²) < 4.78 is 1.01. The number of halogens is 2. The molecule has 0 saturated heterocycles. The Hall–Kier alpha value is -0.210. The molecule has 0 amide bonds. The van der Waals surface area contributed by atoms with Gasteiger partial charge in [-0.3, -0.25) is 0 Å². The summed E-state index contributed by atoms with van der Waals surface area (Å²) in [5.74, 6) is 0.754. The lowest BCUT2D eigenvalue weighted by molar-refractivity contribution is 0.528. The molecule has 1 unspecified atom stereocenters. The number of benzene rings is 1. The Balaban J connectivity index is 2.52. The zero-order valence-corrected chi connectivity index (χ0v) is 12.4. The van der Waals surface area contributed by atoms with E-state index < -0.39 is 0 Å². The van der Waals surface area contributed by atoms with Gasteiger partial charge in [-0.25, -0.2) is 0 Å². The first-order valence-corrected chi connectivity index (χ1v) is 6.87. The third-order valence-electron chi connectivity index (χ3n) is 2.51. The summed E-state index contributed by atoms with van der Waals surface area (Å²) in [6.07, 6.45) is 2.41. The number of hydrogen-bond acceptors (Lipinski definition) is 1. The summed E-state index contributed by atoms with van der Waals surface area (Å²) in [6.45, 7) is 6.69. The van der Waals surface area contributed by atoms with Gasteiger partial charge in [-0.15, -0.1) is 0 Å². The molecule has 3 heteroatoms. The molecule has 0 aromatic heterocycles. The van der Waals surface area contributed by atoms with E-state index in [2.05, 4.69) is 42.0 Å². The van der Waals surface area contributed by atoms with Crippen LogP contribution in [0.25, 0.3) is 0 Å². The average Bonchev–Trinajstić information content (AvgIpc) is 2.19. The van der Waals surface area contributed by atoms with Crippen LogP contribution in [0.15, 0.2) is 22.7 Å². The molecule has 1 aromatic carbocycles. The van der Waals surface area contributed by atoms with Gasteiger partial charge in [0.2, 0.25) is 0 Å². The lowest BCUT2D eigenvalue weighted by Crippen LogP contribution is -2.16. The van der Waals surface area contributed by atoms with Crippen molar-refractivity contribution in [1.29, 1.82) is 0 Å².